The first-order valence-corrected chi connectivity index (χ1v) is 7.56. The van der Waals surface area contributed by atoms with E-state index in [1.54, 1.807) is 33.6 Å². The number of benzene rings is 2. The highest BCUT2D eigenvalue weighted by atomic mass is 16.5. The van der Waals surface area contributed by atoms with E-state index >= 15 is 0 Å². The van der Waals surface area contributed by atoms with Gasteiger partial charge in [0.05, 0.1) is 43.8 Å². The van der Waals surface area contributed by atoms with Crippen molar-refractivity contribution in [2.24, 2.45) is 0 Å². The first-order valence-electron chi connectivity index (χ1n) is 7.56. The van der Waals surface area contributed by atoms with Crippen molar-refractivity contribution in [1.29, 1.82) is 5.26 Å². The molecule has 0 aliphatic carbocycles. The molecule has 6 nitrogen and oxygen atoms in total. The van der Waals surface area contributed by atoms with Crippen molar-refractivity contribution in [3.63, 3.8) is 0 Å². The van der Waals surface area contributed by atoms with Crippen LogP contribution in [0.4, 0.5) is 11.4 Å². The van der Waals surface area contributed by atoms with Crippen LogP contribution in [0.2, 0.25) is 0 Å². The number of hydrogen-bond donors (Lipinski definition) is 1. The average Bonchev–Trinajstić information content (AvgIpc) is 2.67. The predicted octanol–water partition coefficient (Wildman–Crippen LogP) is 3.88. The van der Waals surface area contributed by atoms with Gasteiger partial charge in [0.15, 0.2) is 0 Å². The van der Waals surface area contributed by atoms with Gasteiger partial charge in [-0.1, -0.05) is 0 Å². The Bertz CT molecular complexity index is 964. The standard InChI is InChI=1S/C19H17N3O3/c1-23-13-4-6-16-15(8-13)19(12(10-20)11-21-16)22-17-7-5-14(24-2)9-18(17)25-3/h4-9,11H,1-3H3,(H,21,22). The number of ether oxygens (including phenoxy) is 3. The maximum absolute atomic E-state index is 9.48. The minimum Gasteiger partial charge on any atom is -0.497 e. The SMILES string of the molecule is COc1ccc(Nc2c(C#N)cnc3ccc(OC)cc23)c(OC)c1. The number of nitrogens with zero attached hydrogens (tertiary/aromatic N) is 2. The van der Waals surface area contributed by atoms with Crippen molar-refractivity contribution in [3.05, 3.63) is 48.2 Å². The van der Waals surface area contributed by atoms with Crippen LogP contribution in [0.15, 0.2) is 42.6 Å². The highest BCUT2D eigenvalue weighted by Crippen LogP contribution is 2.36. The number of pyridine rings is 1. The van der Waals surface area contributed by atoms with Crippen LogP contribution in [-0.4, -0.2) is 26.3 Å². The summed E-state index contributed by atoms with van der Waals surface area (Å²) in [7, 11) is 4.78. The van der Waals surface area contributed by atoms with Crippen molar-refractivity contribution < 1.29 is 14.2 Å². The van der Waals surface area contributed by atoms with Crippen LogP contribution in [0.25, 0.3) is 10.9 Å². The third-order valence-corrected chi connectivity index (χ3v) is 3.86. The molecule has 0 amide bonds. The second kappa shape index (κ2) is 6.97. The fraction of sp³-hybridized carbons (Fsp3) is 0.158. The molecule has 0 atom stereocenters. The van der Waals surface area contributed by atoms with Crippen molar-refractivity contribution in [1.82, 2.24) is 4.98 Å². The molecular weight excluding hydrogens is 318 g/mol. The minimum absolute atomic E-state index is 0.429. The number of anilines is 2. The van der Waals surface area contributed by atoms with E-state index in [4.69, 9.17) is 14.2 Å². The lowest BCUT2D eigenvalue weighted by atomic mass is 10.1. The van der Waals surface area contributed by atoms with Gasteiger partial charge in [0.2, 0.25) is 0 Å². The summed E-state index contributed by atoms with van der Waals surface area (Å²) in [6.07, 6.45) is 1.55. The van der Waals surface area contributed by atoms with Gasteiger partial charge in [0, 0.05) is 17.6 Å². The zero-order valence-corrected chi connectivity index (χ0v) is 14.2. The van der Waals surface area contributed by atoms with Crippen molar-refractivity contribution in [2.45, 2.75) is 0 Å². The second-order valence-electron chi connectivity index (χ2n) is 5.23. The van der Waals surface area contributed by atoms with E-state index in [0.29, 0.717) is 28.5 Å². The Morgan fingerprint density at radius 1 is 0.960 bits per heavy atom. The van der Waals surface area contributed by atoms with Gasteiger partial charge in [0.1, 0.15) is 23.3 Å². The van der Waals surface area contributed by atoms with Gasteiger partial charge < -0.3 is 19.5 Å². The summed E-state index contributed by atoms with van der Waals surface area (Å²) >= 11 is 0. The molecule has 1 N–H and O–H groups in total. The van der Waals surface area contributed by atoms with Crippen molar-refractivity contribution in [3.8, 4) is 23.3 Å². The summed E-state index contributed by atoms with van der Waals surface area (Å²) in [5.74, 6) is 1.98. The van der Waals surface area contributed by atoms with Gasteiger partial charge >= 0.3 is 0 Å². The van der Waals surface area contributed by atoms with Gasteiger partial charge in [-0.05, 0) is 30.3 Å². The molecule has 0 unspecified atom stereocenters. The van der Waals surface area contributed by atoms with Crippen LogP contribution in [-0.2, 0) is 0 Å². The van der Waals surface area contributed by atoms with E-state index in [9.17, 15) is 5.26 Å². The number of nitrogens with one attached hydrogen (secondary N) is 1. The van der Waals surface area contributed by atoms with Gasteiger partial charge in [-0.25, -0.2) is 0 Å². The van der Waals surface area contributed by atoms with E-state index in [2.05, 4.69) is 16.4 Å². The molecule has 126 valence electrons. The number of aromatic nitrogens is 1. The van der Waals surface area contributed by atoms with Crippen LogP contribution in [0.5, 0.6) is 17.2 Å². The molecule has 0 bridgehead atoms. The van der Waals surface area contributed by atoms with Gasteiger partial charge in [-0.2, -0.15) is 5.26 Å². The molecule has 0 radical (unpaired) electrons. The fourth-order valence-corrected chi connectivity index (χ4v) is 2.55. The Morgan fingerprint density at radius 3 is 2.36 bits per heavy atom. The topological polar surface area (TPSA) is 76.4 Å². The second-order valence-corrected chi connectivity index (χ2v) is 5.23. The van der Waals surface area contributed by atoms with Crippen LogP contribution < -0.4 is 19.5 Å². The van der Waals surface area contributed by atoms with Gasteiger partial charge in [-0.15, -0.1) is 0 Å². The van der Waals surface area contributed by atoms with E-state index < -0.39 is 0 Å². The van der Waals surface area contributed by atoms with Crippen LogP contribution in [0.1, 0.15) is 5.56 Å². The number of hydrogen-bond acceptors (Lipinski definition) is 6. The molecule has 0 fully saturated rings. The van der Waals surface area contributed by atoms with Crippen molar-refractivity contribution >= 4 is 22.3 Å². The molecule has 0 aliphatic rings. The Labute approximate surface area is 145 Å². The lowest BCUT2D eigenvalue weighted by Crippen LogP contribution is -1.99. The zero-order chi connectivity index (χ0) is 17.8. The molecular formula is C19H17N3O3. The molecule has 0 saturated heterocycles. The van der Waals surface area contributed by atoms with Gasteiger partial charge in [-0.3, -0.25) is 4.98 Å². The summed E-state index contributed by atoms with van der Waals surface area (Å²) in [5, 5.41) is 13.6. The normalized spacial score (nSPS) is 10.2. The fourth-order valence-electron chi connectivity index (χ4n) is 2.55. The molecule has 0 aliphatic heterocycles. The molecule has 25 heavy (non-hydrogen) atoms. The van der Waals surface area contributed by atoms with Gasteiger partial charge in [0.25, 0.3) is 0 Å². The summed E-state index contributed by atoms with van der Waals surface area (Å²) < 4.78 is 15.9. The van der Waals surface area contributed by atoms with Crippen LogP contribution in [0, 0.1) is 11.3 Å². The molecule has 0 saturated carbocycles. The van der Waals surface area contributed by atoms with Crippen LogP contribution in [0.3, 0.4) is 0 Å². The number of methoxy groups -OCH3 is 3. The summed E-state index contributed by atoms with van der Waals surface area (Å²) in [4.78, 5) is 4.33. The number of fused-ring (bicyclic) bond motifs is 1. The Kier molecular flexibility index (Phi) is 4.57. The highest BCUT2D eigenvalue weighted by Gasteiger charge is 2.13. The molecule has 1 heterocycles. The zero-order valence-electron chi connectivity index (χ0n) is 14.2. The molecule has 3 rings (SSSR count). The Balaban J connectivity index is 2.16. The number of rotatable bonds is 5. The van der Waals surface area contributed by atoms with E-state index in [-0.39, 0.29) is 0 Å². The summed E-state index contributed by atoms with van der Waals surface area (Å²) in [5.41, 5.74) is 2.55. The molecule has 1 aromatic heterocycles. The first-order chi connectivity index (χ1) is 12.2. The lowest BCUT2D eigenvalue weighted by molar-refractivity contribution is 0.395. The minimum atomic E-state index is 0.429. The maximum Gasteiger partial charge on any atom is 0.145 e. The molecule has 6 heteroatoms. The Morgan fingerprint density at radius 2 is 1.68 bits per heavy atom. The van der Waals surface area contributed by atoms with Crippen LogP contribution >= 0.6 is 0 Å². The highest BCUT2D eigenvalue weighted by molar-refractivity contribution is 5.97. The predicted molar refractivity (Wildman–Crippen MR) is 95.8 cm³/mol. The average molecular weight is 335 g/mol. The quantitative estimate of drug-likeness (QED) is 0.762. The van der Waals surface area contributed by atoms with E-state index in [1.165, 1.54) is 0 Å². The molecule has 2 aromatic carbocycles. The molecule has 3 aromatic rings. The molecule has 0 spiro atoms. The summed E-state index contributed by atoms with van der Waals surface area (Å²) in [6.45, 7) is 0. The maximum atomic E-state index is 9.48. The summed E-state index contributed by atoms with van der Waals surface area (Å²) in [6, 6.07) is 13.1. The largest absolute Gasteiger partial charge is 0.497 e. The third kappa shape index (κ3) is 3.12. The monoisotopic (exact) mass is 335 g/mol. The van der Waals surface area contributed by atoms with E-state index in [1.807, 2.05) is 30.3 Å². The lowest BCUT2D eigenvalue weighted by Gasteiger charge is -2.15. The smallest absolute Gasteiger partial charge is 0.145 e. The Hall–Kier alpha value is -3.46. The first kappa shape index (κ1) is 16.4. The van der Waals surface area contributed by atoms with E-state index in [0.717, 1.165) is 16.6 Å². The van der Waals surface area contributed by atoms with Crippen molar-refractivity contribution in [2.75, 3.05) is 26.6 Å². The third-order valence-electron chi connectivity index (χ3n) is 3.86. The number of nitriles is 1.